The summed E-state index contributed by atoms with van der Waals surface area (Å²) in [5.74, 6) is 2.09. The Morgan fingerprint density at radius 1 is 1.17 bits per heavy atom. The lowest BCUT2D eigenvalue weighted by Crippen LogP contribution is -2.44. The summed E-state index contributed by atoms with van der Waals surface area (Å²) < 4.78 is 16.6. The van der Waals surface area contributed by atoms with Gasteiger partial charge in [-0.2, -0.15) is 0 Å². The van der Waals surface area contributed by atoms with Gasteiger partial charge in [-0.3, -0.25) is 9.78 Å². The van der Waals surface area contributed by atoms with Crippen molar-refractivity contribution in [3.8, 4) is 17.2 Å². The molecule has 1 unspecified atom stereocenters. The van der Waals surface area contributed by atoms with Gasteiger partial charge in [-0.15, -0.1) is 0 Å². The molecular formula is C18H18N2O4. The number of amides is 1. The predicted molar refractivity (Wildman–Crippen MR) is 86.4 cm³/mol. The first-order valence-corrected chi connectivity index (χ1v) is 8.05. The summed E-state index contributed by atoms with van der Waals surface area (Å²) in [6.45, 7) is 1.53. The molecule has 1 fully saturated rings. The fraction of sp³-hybridized carbons (Fsp3) is 0.333. The van der Waals surface area contributed by atoms with Gasteiger partial charge >= 0.3 is 0 Å². The quantitative estimate of drug-likeness (QED) is 0.867. The molecule has 0 spiro atoms. The van der Waals surface area contributed by atoms with Crippen LogP contribution in [0.3, 0.4) is 0 Å². The maximum Gasteiger partial charge on any atom is 0.254 e. The molecule has 1 saturated heterocycles. The summed E-state index contributed by atoms with van der Waals surface area (Å²) in [7, 11) is 0. The zero-order valence-electron chi connectivity index (χ0n) is 13.2. The third-order valence-electron chi connectivity index (χ3n) is 4.24. The highest BCUT2D eigenvalue weighted by molar-refractivity contribution is 5.95. The molecule has 0 saturated carbocycles. The molecule has 6 heteroatoms. The molecule has 1 aromatic carbocycles. The molecule has 1 amide bonds. The Hall–Kier alpha value is -2.76. The van der Waals surface area contributed by atoms with Gasteiger partial charge in [0.15, 0.2) is 11.5 Å². The van der Waals surface area contributed by atoms with Crippen molar-refractivity contribution < 1.29 is 19.0 Å². The molecule has 2 aromatic rings. The highest BCUT2D eigenvalue weighted by Crippen LogP contribution is 2.33. The summed E-state index contributed by atoms with van der Waals surface area (Å²) in [4.78, 5) is 18.6. The Labute approximate surface area is 140 Å². The minimum atomic E-state index is -0.00340. The number of piperidine rings is 1. The first-order chi connectivity index (χ1) is 11.8. The first kappa shape index (κ1) is 14.8. The molecule has 2 aliphatic heterocycles. The van der Waals surface area contributed by atoms with Crippen LogP contribution in [0.2, 0.25) is 0 Å². The van der Waals surface area contributed by atoms with Crippen molar-refractivity contribution in [1.29, 1.82) is 0 Å². The van der Waals surface area contributed by atoms with E-state index in [1.165, 1.54) is 0 Å². The van der Waals surface area contributed by atoms with Crippen LogP contribution >= 0.6 is 0 Å². The average molecular weight is 326 g/mol. The summed E-state index contributed by atoms with van der Waals surface area (Å²) in [5.41, 5.74) is 0.615. The number of fused-ring (bicyclic) bond motifs is 1. The second-order valence-corrected chi connectivity index (χ2v) is 5.88. The van der Waals surface area contributed by atoms with Crippen molar-refractivity contribution >= 4 is 5.91 Å². The SMILES string of the molecule is O=C(c1ccc2c(c1)OCO2)N1CCCC(Oc2ccncc2)C1. The zero-order chi connectivity index (χ0) is 16.4. The maximum atomic E-state index is 12.8. The Bertz CT molecular complexity index is 735. The van der Waals surface area contributed by atoms with Gasteiger partial charge in [0.05, 0.1) is 6.54 Å². The number of ether oxygens (including phenoxy) is 3. The van der Waals surface area contributed by atoms with E-state index in [1.807, 2.05) is 17.0 Å². The first-order valence-electron chi connectivity index (χ1n) is 8.05. The number of benzene rings is 1. The van der Waals surface area contributed by atoms with Gasteiger partial charge in [0.2, 0.25) is 6.79 Å². The number of carbonyl (C=O) groups excluding carboxylic acids is 1. The Balaban J connectivity index is 1.44. The summed E-state index contributed by atoms with van der Waals surface area (Å²) in [6.07, 6.45) is 5.26. The largest absolute Gasteiger partial charge is 0.488 e. The summed E-state index contributed by atoms with van der Waals surface area (Å²) >= 11 is 0. The monoisotopic (exact) mass is 326 g/mol. The van der Waals surface area contributed by atoms with Crippen LogP contribution in [0.15, 0.2) is 42.7 Å². The van der Waals surface area contributed by atoms with Crippen LogP contribution in [0.1, 0.15) is 23.2 Å². The molecule has 1 atom stereocenters. The van der Waals surface area contributed by atoms with Crippen LogP contribution in [-0.4, -0.2) is 41.8 Å². The Morgan fingerprint density at radius 2 is 2.00 bits per heavy atom. The van der Waals surface area contributed by atoms with Crippen molar-refractivity contribution in [2.24, 2.45) is 0 Å². The van der Waals surface area contributed by atoms with Crippen LogP contribution in [0, 0.1) is 0 Å². The standard InChI is InChI=1S/C18H18N2O4/c21-18(13-3-4-16-17(10-13)23-12-22-16)20-9-1-2-15(11-20)24-14-5-7-19-8-6-14/h3-8,10,15H,1-2,9,11-12H2. The fourth-order valence-electron chi connectivity index (χ4n) is 3.04. The number of nitrogens with zero attached hydrogens (tertiary/aromatic N) is 2. The van der Waals surface area contributed by atoms with E-state index in [1.54, 1.807) is 30.6 Å². The van der Waals surface area contributed by atoms with E-state index >= 15 is 0 Å². The molecular weight excluding hydrogens is 308 g/mol. The number of hydrogen-bond acceptors (Lipinski definition) is 5. The van der Waals surface area contributed by atoms with Crippen LogP contribution in [0.25, 0.3) is 0 Å². The van der Waals surface area contributed by atoms with Gasteiger partial charge in [0.1, 0.15) is 11.9 Å². The molecule has 0 aliphatic carbocycles. The fourth-order valence-corrected chi connectivity index (χ4v) is 3.04. The van der Waals surface area contributed by atoms with E-state index in [0.29, 0.717) is 23.6 Å². The summed E-state index contributed by atoms with van der Waals surface area (Å²) in [5, 5.41) is 0. The molecule has 2 aliphatic rings. The normalized spacial score (nSPS) is 19.2. The van der Waals surface area contributed by atoms with Gasteiger partial charge in [-0.1, -0.05) is 0 Å². The number of likely N-dealkylation sites (tertiary alicyclic amines) is 1. The molecule has 1 aromatic heterocycles. The molecule has 6 nitrogen and oxygen atoms in total. The molecule has 0 N–H and O–H groups in total. The van der Waals surface area contributed by atoms with Crippen LogP contribution < -0.4 is 14.2 Å². The Kier molecular flexibility index (Phi) is 3.94. The minimum absolute atomic E-state index is 0.000824. The van der Waals surface area contributed by atoms with E-state index in [4.69, 9.17) is 14.2 Å². The predicted octanol–water partition coefficient (Wildman–Crippen LogP) is 2.49. The van der Waals surface area contributed by atoms with Gasteiger partial charge in [-0.25, -0.2) is 0 Å². The number of carbonyl (C=O) groups is 1. The van der Waals surface area contributed by atoms with E-state index in [9.17, 15) is 4.79 Å². The van der Waals surface area contributed by atoms with Gasteiger partial charge < -0.3 is 19.1 Å². The molecule has 3 heterocycles. The van der Waals surface area contributed by atoms with Crippen molar-refractivity contribution in [2.75, 3.05) is 19.9 Å². The average Bonchev–Trinajstić information content (AvgIpc) is 3.10. The smallest absolute Gasteiger partial charge is 0.254 e. The van der Waals surface area contributed by atoms with Crippen LogP contribution in [-0.2, 0) is 0 Å². The second-order valence-electron chi connectivity index (χ2n) is 5.88. The maximum absolute atomic E-state index is 12.8. The highest BCUT2D eigenvalue weighted by Gasteiger charge is 2.27. The van der Waals surface area contributed by atoms with Crippen molar-refractivity contribution in [1.82, 2.24) is 9.88 Å². The third-order valence-corrected chi connectivity index (χ3v) is 4.24. The third kappa shape index (κ3) is 2.99. The van der Waals surface area contributed by atoms with E-state index in [0.717, 1.165) is 25.1 Å². The number of hydrogen-bond donors (Lipinski definition) is 0. The lowest BCUT2D eigenvalue weighted by atomic mass is 10.1. The minimum Gasteiger partial charge on any atom is -0.488 e. The van der Waals surface area contributed by atoms with Gasteiger partial charge in [0, 0.05) is 24.5 Å². The zero-order valence-corrected chi connectivity index (χ0v) is 13.2. The lowest BCUT2D eigenvalue weighted by molar-refractivity contribution is 0.0537. The van der Waals surface area contributed by atoms with E-state index in [2.05, 4.69) is 4.98 Å². The van der Waals surface area contributed by atoms with Crippen molar-refractivity contribution in [2.45, 2.75) is 18.9 Å². The molecule has 4 rings (SSSR count). The lowest BCUT2D eigenvalue weighted by Gasteiger charge is -2.33. The van der Waals surface area contributed by atoms with Gasteiger partial charge in [0.25, 0.3) is 5.91 Å². The van der Waals surface area contributed by atoms with Gasteiger partial charge in [-0.05, 0) is 43.2 Å². The van der Waals surface area contributed by atoms with E-state index in [-0.39, 0.29) is 18.8 Å². The Morgan fingerprint density at radius 3 is 2.88 bits per heavy atom. The number of rotatable bonds is 3. The van der Waals surface area contributed by atoms with E-state index < -0.39 is 0 Å². The molecule has 0 bridgehead atoms. The molecule has 24 heavy (non-hydrogen) atoms. The topological polar surface area (TPSA) is 60.9 Å². The molecule has 0 radical (unpaired) electrons. The van der Waals surface area contributed by atoms with Crippen molar-refractivity contribution in [3.05, 3.63) is 48.3 Å². The highest BCUT2D eigenvalue weighted by atomic mass is 16.7. The van der Waals surface area contributed by atoms with Crippen LogP contribution in [0.4, 0.5) is 0 Å². The molecule has 124 valence electrons. The number of aromatic nitrogens is 1. The second kappa shape index (κ2) is 6.39. The van der Waals surface area contributed by atoms with Crippen molar-refractivity contribution in [3.63, 3.8) is 0 Å². The summed E-state index contributed by atoms with van der Waals surface area (Å²) in [6, 6.07) is 8.98. The number of pyridine rings is 1. The van der Waals surface area contributed by atoms with Crippen LogP contribution in [0.5, 0.6) is 17.2 Å².